The summed E-state index contributed by atoms with van der Waals surface area (Å²) in [7, 11) is 0. The molecule has 0 aliphatic rings. The molecule has 5 heteroatoms. The van der Waals surface area contributed by atoms with Crippen molar-refractivity contribution in [1.29, 1.82) is 0 Å². The molecule has 88 valence electrons. The molecule has 0 aliphatic heterocycles. The van der Waals surface area contributed by atoms with E-state index in [0.717, 1.165) is 0 Å². The Labute approximate surface area is 102 Å². The molecule has 0 atom stereocenters. The van der Waals surface area contributed by atoms with Gasteiger partial charge in [0.1, 0.15) is 17.9 Å². The molecule has 0 heterocycles. The number of hydrogen-bond acceptors (Lipinski definition) is 3. The topological polar surface area (TPSA) is 55.8 Å². The number of halogens is 1. The summed E-state index contributed by atoms with van der Waals surface area (Å²) in [5.41, 5.74) is 0.144. The van der Waals surface area contributed by atoms with Crippen molar-refractivity contribution in [3.05, 3.63) is 28.2 Å². The maximum atomic E-state index is 10.9. The SMILES string of the molecule is CCOCCOc1c(Br)cccc1C(=O)O. The molecule has 0 spiro atoms. The van der Waals surface area contributed by atoms with E-state index >= 15 is 0 Å². The second-order valence-electron chi connectivity index (χ2n) is 2.97. The smallest absolute Gasteiger partial charge is 0.339 e. The Hall–Kier alpha value is -1.07. The van der Waals surface area contributed by atoms with Crippen LogP contribution in [-0.4, -0.2) is 30.9 Å². The summed E-state index contributed by atoms with van der Waals surface area (Å²) in [6.45, 7) is 3.28. The number of carbonyl (C=O) groups is 1. The third-order valence-electron chi connectivity index (χ3n) is 1.88. The van der Waals surface area contributed by atoms with Crippen LogP contribution < -0.4 is 4.74 Å². The van der Waals surface area contributed by atoms with Gasteiger partial charge >= 0.3 is 5.97 Å². The van der Waals surface area contributed by atoms with Crippen molar-refractivity contribution in [2.45, 2.75) is 6.92 Å². The fourth-order valence-corrected chi connectivity index (χ4v) is 1.65. The molecule has 1 N–H and O–H groups in total. The van der Waals surface area contributed by atoms with Crippen LogP contribution in [0.2, 0.25) is 0 Å². The molecule has 0 fully saturated rings. The quantitative estimate of drug-likeness (QED) is 0.818. The van der Waals surface area contributed by atoms with Gasteiger partial charge in [0, 0.05) is 6.61 Å². The maximum Gasteiger partial charge on any atom is 0.339 e. The van der Waals surface area contributed by atoms with Crippen LogP contribution in [0.25, 0.3) is 0 Å². The van der Waals surface area contributed by atoms with Crippen LogP contribution in [0.5, 0.6) is 5.75 Å². The Bertz CT molecular complexity index is 365. The number of ether oxygens (including phenoxy) is 2. The number of carboxylic acid groups (broad SMARTS) is 1. The molecule has 16 heavy (non-hydrogen) atoms. The molecular formula is C11H13BrO4. The molecule has 0 aliphatic carbocycles. The van der Waals surface area contributed by atoms with Gasteiger partial charge in [-0.3, -0.25) is 0 Å². The molecular weight excluding hydrogens is 276 g/mol. The predicted molar refractivity (Wildman–Crippen MR) is 63.1 cm³/mol. The molecule has 0 saturated carbocycles. The van der Waals surface area contributed by atoms with Crippen molar-refractivity contribution < 1.29 is 19.4 Å². The van der Waals surface area contributed by atoms with Gasteiger partial charge in [-0.15, -0.1) is 0 Å². The highest BCUT2D eigenvalue weighted by Crippen LogP contribution is 2.28. The van der Waals surface area contributed by atoms with Gasteiger partial charge in [-0.1, -0.05) is 6.07 Å². The van der Waals surface area contributed by atoms with E-state index < -0.39 is 5.97 Å². The first-order chi connectivity index (χ1) is 7.66. The van der Waals surface area contributed by atoms with E-state index in [1.54, 1.807) is 12.1 Å². The Kier molecular flexibility index (Phi) is 5.28. The average molecular weight is 289 g/mol. The number of rotatable bonds is 6. The Morgan fingerprint density at radius 1 is 1.44 bits per heavy atom. The minimum absolute atomic E-state index is 0.144. The lowest BCUT2D eigenvalue weighted by Gasteiger charge is -2.10. The zero-order valence-electron chi connectivity index (χ0n) is 8.90. The number of benzene rings is 1. The maximum absolute atomic E-state index is 10.9. The summed E-state index contributed by atoms with van der Waals surface area (Å²) in [6.07, 6.45) is 0. The van der Waals surface area contributed by atoms with Gasteiger partial charge in [0.05, 0.1) is 11.1 Å². The van der Waals surface area contributed by atoms with Gasteiger partial charge in [-0.05, 0) is 35.0 Å². The first-order valence-corrected chi connectivity index (χ1v) is 5.68. The van der Waals surface area contributed by atoms with Crippen LogP contribution in [0.1, 0.15) is 17.3 Å². The van der Waals surface area contributed by atoms with E-state index in [0.29, 0.717) is 30.0 Å². The zero-order chi connectivity index (χ0) is 12.0. The third-order valence-corrected chi connectivity index (χ3v) is 2.50. The predicted octanol–water partition coefficient (Wildman–Crippen LogP) is 2.56. The van der Waals surface area contributed by atoms with Crippen molar-refractivity contribution in [3.8, 4) is 5.75 Å². The van der Waals surface area contributed by atoms with E-state index in [1.807, 2.05) is 6.92 Å². The summed E-state index contributed by atoms with van der Waals surface area (Å²) in [5, 5.41) is 8.96. The molecule has 1 aromatic rings. The highest BCUT2D eigenvalue weighted by molar-refractivity contribution is 9.10. The average Bonchev–Trinajstić information content (AvgIpc) is 2.25. The summed E-state index contributed by atoms with van der Waals surface area (Å²) >= 11 is 3.26. The Morgan fingerprint density at radius 3 is 2.81 bits per heavy atom. The molecule has 0 amide bonds. The molecule has 4 nitrogen and oxygen atoms in total. The normalized spacial score (nSPS) is 10.1. The van der Waals surface area contributed by atoms with Crippen molar-refractivity contribution in [2.75, 3.05) is 19.8 Å². The van der Waals surface area contributed by atoms with Crippen molar-refractivity contribution >= 4 is 21.9 Å². The summed E-state index contributed by atoms with van der Waals surface area (Å²) < 4.78 is 11.1. The summed E-state index contributed by atoms with van der Waals surface area (Å²) in [5.74, 6) is -0.664. The molecule has 0 radical (unpaired) electrons. The van der Waals surface area contributed by atoms with Crippen LogP contribution in [-0.2, 0) is 4.74 Å². The van der Waals surface area contributed by atoms with Crippen LogP contribution in [0.3, 0.4) is 0 Å². The van der Waals surface area contributed by atoms with E-state index in [4.69, 9.17) is 14.6 Å². The molecule has 1 aromatic carbocycles. The largest absolute Gasteiger partial charge is 0.489 e. The van der Waals surface area contributed by atoms with E-state index in [2.05, 4.69) is 15.9 Å². The van der Waals surface area contributed by atoms with Crippen LogP contribution in [0.15, 0.2) is 22.7 Å². The first kappa shape index (κ1) is 13.0. The van der Waals surface area contributed by atoms with Gasteiger partial charge in [-0.25, -0.2) is 4.79 Å². The van der Waals surface area contributed by atoms with Gasteiger partial charge in [0.25, 0.3) is 0 Å². The second-order valence-corrected chi connectivity index (χ2v) is 3.82. The molecule has 0 bridgehead atoms. The lowest BCUT2D eigenvalue weighted by Crippen LogP contribution is -2.09. The van der Waals surface area contributed by atoms with Gasteiger partial charge in [0.15, 0.2) is 0 Å². The highest BCUT2D eigenvalue weighted by atomic mass is 79.9. The van der Waals surface area contributed by atoms with Gasteiger partial charge in [-0.2, -0.15) is 0 Å². The monoisotopic (exact) mass is 288 g/mol. The first-order valence-electron chi connectivity index (χ1n) is 4.89. The standard InChI is InChI=1S/C11H13BrO4/c1-2-15-6-7-16-10-8(11(13)14)4-3-5-9(10)12/h3-5H,2,6-7H2,1H3,(H,13,14). The van der Waals surface area contributed by atoms with Crippen molar-refractivity contribution in [2.24, 2.45) is 0 Å². The number of carboxylic acids is 1. The van der Waals surface area contributed by atoms with E-state index in [9.17, 15) is 4.79 Å². The minimum Gasteiger partial charge on any atom is -0.489 e. The Morgan fingerprint density at radius 2 is 2.19 bits per heavy atom. The molecule has 0 saturated heterocycles. The Balaban J connectivity index is 2.73. The number of para-hydroxylation sites is 1. The molecule has 1 rings (SSSR count). The van der Waals surface area contributed by atoms with Crippen LogP contribution in [0, 0.1) is 0 Å². The van der Waals surface area contributed by atoms with E-state index in [-0.39, 0.29) is 5.56 Å². The van der Waals surface area contributed by atoms with Crippen molar-refractivity contribution in [1.82, 2.24) is 0 Å². The third kappa shape index (κ3) is 3.50. The highest BCUT2D eigenvalue weighted by Gasteiger charge is 2.13. The lowest BCUT2D eigenvalue weighted by molar-refractivity contribution is 0.0686. The fourth-order valence-electron chi connectivity index (χ4n) is 1.17. The number of aromatic carboxylic acids is 1. The van der Waals surface area contributed by atoms with Crippen molar-refractivity contribution in [3.63, 3.8) is 0 Å². The van der Waals surface area contributed by atoms with Crippen LogP contribution >= 0.6 is 15.9 Å². The molecule has 0 aromatic heterocycles. The summed E-state index contributed by atoms with van der Waals surface area (Å²) in [4.78, 5) is 10.9. The van der Waals surface area contributed by atoms with E-state index in [1.165, 1.54) is 6.07 Å². The van der Waals surface area contributed by atoms with Gasteiger partial charge < -0.3 is 14.6 Å². The summed E-state index contributed by atoms with van der Waals surface area (Å²) in [6, 6.07) is 4.90. The zero-order valence-corrected chi connectivity index (χ0v) is 10.5. The van der Waals surface area contributed by atoms with Crippen LogP contribution in [0.4, 0.5) is 0 Å². The lowest BCUT2D eigenvalue weighted by atomic mass is 10.2. The molecule has 0 unspecified atom stereocenters. The second kappa shape index (κ2) is 6.50. The number of hydrogen-bond donors (Lipinski definition) is 1. The van der Waals surface area contributed by atoms with Gasteiger partial charge in [0.2, 0.25) is 0 Å². The minimum atomic E-state index is -1.01. The fraction of sp³-hybridized carbons (Fsp3) is 0.364.